The smallest absolute Gasteiger partial charge is 0.273 e. The lowest BCUT2D eigenvalue weighted by atomic mass is 10.2. The van der Waals surface area contributed by atoms with Gasteiger partial charge in [0.1, 0.15) is 5.69 Å². The maximum absolute atomic E-state index is 11.8. The van der Waals surface area contributed by atoms with Gasteiger partial charge in [0.05, 0.1) is 5.01 Å². The third-order valence-corrected chi connectivity index (χ3v) is 3.11. The Hall–Kier alpha value is -0.940. The fraction of sp³-hybridized carbons (Fsp3) is 0.636. The van der Waals surface area contributed by atoms with E-state index in [9.17, 15) is 4.79 Å². The van der Waals surface area contributed by atoms with E-state index in [1.54, 1.807) is 17.3 Å². The van der Waals surface area contributed by atoms with Crippen LogP contribution in [0.25, 0.3) is 0 Å². The van der Waals surface area contributed by atoms with Gasteiger partial charge in [-0.15, -0.1) is 11.3 Å². The van der Waals surface area contributed by atoms with E-state index in [4.69, 9.17) is 5.11 Å². The summed E-state index contributed by atoms with van der Waals surface area (Å²) >= 11 is 1.49. The Balaban J connectivity index is 2.36. The fourth-order valence-electron chi connectivity index (χ4n) is 1.40. The zero-order valence-electron chi connectivity index (χ0n) is 9.77. The Morgan fingerprint density at radius 3 is 2.81 bits per heavy atom. The van der Waals surface area contributed by atoms with Gasteiger partial charge in [-0.2, -0.15) is 0 Å². The number of unbranched alkanes of at least 4 members (excludes halogenated alkanes) is 2. The number of carbonyl (C=O) groups excluding carboxylic acids is 1. The fourth-order valence-corrected chi connectivity index (χ4v) is 1.98. The predicted octanol–water partition coefficient (Wildman–Crippen LogP) is 1.69. The topological polar surface area (TPSA) is 53.4 Å². The van der Waals surface area contributed by atoms with Crippen molar-refractivity contribution in [2.75, 3.05) is 20.2 Å². The molecule has 1 aromatic rings. The van der Waals surface area contributed by atoms with Gasteiger partial charge in [-0.25, -0.2) is 4.98 Å². The third-order valence-electron chi connectivity index (χ3n) is 2.34. The summed E-state index contributed by atoms with van der Waals surface area (Å²) in [6, 6.07) is 0. The average Bonchev–Trinajstić information content (AvgIpc) is 2.70. The Kier molecular flexibility index (Phi) is 5.42. The molecule has 0 aliphatic heterocycles. The summed E-state index contributed by atoms with van der Waals surface area (Å²) in [6.45, 7) is 2.83. The lowest BCUT2D eigenvalue weighted by Gasteiger charge is -2.15. The molecule has 0 bridgehead atoms. The number of thiazole rings is 1. The Bertz CT molecular complexity index is 338. The molecule has 90 valence electrons. The first-order chi connectivity index (χ1) is 7.65. The van der Waals surface area contributed by atoms with Crippen molar-refractivity contribution in [2.24, 2.45) is 0 Å². The summed E-state index contributed by atoms with van der Waals surface area (Å²) in [5, 5.41) is 11.3. The maximum Gasteiger partial charge on any atom is 0.273 e. The zero-order chi connectivity index (χ0) is 12.0. The molecule has 16 heavy (non-hydrogen) atoms. The van der Waals surface area contributed by atoms with Crippen molar-refractivity contribution < 1.29 is 9.90 Å². The van der Waals surface area contributed by atoms with Gasteiger partial charge in [-0.1, -0.05) is 0 Å². The Morgan fingerprint density at radius 1 is 1.50 bits per heavy atom. The molecule has 4 nitrogen and oxygen atoms in total. The quantitative estimate of drug-likeness (QED) is 0.772. The van der Waals surface area contributed by atoms with Crippen molar-refractivity contribution in [1.82, 2.24) is 9.88 Å². The van der Waals surface area contributed by atoms with Crippen molar-refractivity contribution in [1.29, 1.82) is 0 Å². The minimum atomic E-state index is -0.0200. The van der Waals surface area contributed by atoms with Gasteiger partial charge in [0.2, 0.25) is 0 Å². The van der Waals surface area contributed by atoms with E-state index < -0.39 is 0 Å². The zero-order valence-corrected chi connectivity index (χ0v) is 10.6. The summed E-state index contributed by atoms with van der Waals surface area (Å²) in [5.41, 5.74) is 0.534. The van der Waals surface area contributed by atoms with Crippen LogP contribution < -0.4 is 0 Å². The van der Waals surface area contributed by atoms with Crippen LogP contribution in [0.2, 0.25) is 0 Å². The highest BCUT2D eigenvalue weighted by atomic mass is 32.1. The third kappa shape index (κ3) is 3.90. The number of amides is 1. The Morgan fingerprint density at radius 2 is 2.25 bits per heavy atom. The monoisotopic (exact) mass is 242 g/mol. The number of nitrogens with zero attached hydrogens (tertiary/aromatic N) is 2. The van der Waals surface area contributed by atoms with Crippen LogP contribution in [-0.4, -0.2) is 41.1 Å². The lowest BCUT2D eigenvalue weighted by molar-refractivity contribution is 0.0787. The largest absolute Gasteiger partial charge is 0.396 e. The van der Waals surface area contributed by atoms with E-state index in [2.05, 4.69) is 4.98 Å². The number of hydrogen-bond donors (Lipinski definition) is 1. The van der Waals surface area contributed by atoms with E-state index in [-0.39, 0.29) is 12.5 Å². The highest BCUT2D eigenvalue weighted by Gasteiger charge is 2.13. The van der Waals surface area contributed by atoms with Gasteiger partial charge >= 0.3 is 0 Å². The summed E-state index contributed by atoms with van der Waals surface area (Å²) in [6.07, 6.45) is 2.67. The molecule has 1 amide bonds. The molecule has 1 heterocycles. The van der Waals surface area contributed by atoms with Gasteiger partial charge < -0.3 is 10.0 Å². The molecule has 5 heteroatoms. The molecule has 1 rings (SSSR count). The van der Waals surface area contributed by atoms with Gasteiger partial charge in [0.25, 0.3) is 5.91 Å². The molecular formula is C11H18N2O2S. The molecule has 0 unspecified atom stereocenters. The molecule has 0 atom stereocenters. The first-order valence-corrected chi connectivity index (χ1v) is 6.31. The molecule has 0 aliphatic carbocycles. The number of carbonyl (C=O) groups is 1. The molecule has 0 aliphatic rings. The molecule has 1 aromatic heterocycles. The molecule has 0 radical (unpaired) electrons. The standard InChI is InChI=1S/C11H18N2O2S/c1-9-12-10(8-16-9)11(15)13(2)6-4-3-5-7-14/h8,14H,3-7H2,1-2H3. The van der Waals surface area contributed by atoms with Crippen LogP contribution in [0.3, 0.4) is 0 Å². The van der Waals surface area contributed by atoms with Crippen LogP contribution >= 0.6 is 11.3 Å². The Labute approximate surface area is 99.9 Å². The lowest BCUT2D eigenvalue weighted by Crippen LogP contribution is -2.28. The molecular weight excluding hydrogens is 224 g/mol. The van der Waals surface area contributed by atoms with Crippen LogP contribution in [0.5, 0.6) is 0 Å². The summed E-state index contributed by atoms with van der Waals surface area (Å²) in [5.74, 6) is -0.0200. The molecule has 0 aromatic carbocycles. The van der Waals surface area contributed by atoms with Crippen LogP contribution in [0.1, 0.15) is 34.8 Å². The van der Waals surface area contributed by atoms with E-state index in [1.807, 2.05) is 6.92 Å². The van der Waals surface area contributed by atoms with Gasteiger partial charge in [-0.05, 0) is 26.2 Å². The summed E-state index contributed by atoms with van der Waals surface area (Å²) in [7, 11) is 1.79. The molecule has 0 saturated heterocycles. The molecule has 0 fully saturated rings. The van der Waals surface area contributed by atoms with Crippen molar-refractivity contribution in [3.8, 4) is 0 Å². The van der Waals surface area contributed by atoms with E-state index in [0.29, 0.717) is 5.69 Å². The maximum atomic E-state index is 11.8. The first kappa shape index (κ1) is 13.1. The van der Waals surface area contributed by atoms with Gasteiger partial charge in [0.15, 0.2) is 0 Å². The second-order valence-electron chi connectivity index (χ2n) is 3.76. The van der Waals surface area contributed by atoms with Crippen molar-refractivity contribution in [3.63, 3.8) is 0 Å². The summed E-state index contributed by atoms with van der Waals surface area (Å²) in [4.78, 5) is 17.7. The second kappa shape index (κ2) is 6.60. The highest BCUT2D eigenvalue weighted by Crippen LogP contribution is 2.10. The van der Waals surface area contributed by atoms with Crippen LogP contribution in [0.4, 0.5) is 0 Å². The van der Waals surface area contributed by atoms with Crippen LogP contribution in [-0.2, 0) is 0 Å². The number of aliphatic hydroxyl groups is 1. The number of rotatable bonds is 6. The number of aromatic nitrogens is 1. The predicted molar refractivity (Wildman–Crippen MR) is 64.7 cm³/mol. The number of aryl methyl sites for hydroxylation is 1. The number of aliphatic hydroxyl groups excluding tert-OH is 1. The average molecular weight is 242 g/mol. The molecule has 0 spiro atoms. The van der Waals surface area contributed by atoms with Crippen LogP contribution in [0.15, 0.2) is 5.38 Å². The first-order valence-electron chi connectivity index (χ1n) is 5.43. The van der Waals surface area contributed by atoms with Crippen molar-refractivity contribution in [3.05, 3.63) is 16.1 Å². The van der Waals surface area contributed by atoms with Crippen LogP contribution in [0, 0.1) is 6.92 Å². The van der Waals surface area contributed by atoms with Gasteiger partial charge in [-0.3, -0.25) is 4.79 Å². The minimum Gasteiger partial charge on any atom is -0.396 e. The minimum absolute atomic E-state index is 0.0200. The van der Waals surface area contributed by atoms with Crippen molar-refractivity contribution in [2.45, 2.75) is 26.2 Å². The molecule has 1 N–H and O–H groups in total. The van der Waals surface area contributed by atoms with E-state index >= 15 is 0 Å². The highest BCUT2D eigenvalue weighted by molar-refractivity contribution is 7.09. The normalized spacial score (nSPS) is 10.4. The van der Waals surface area contributed by atoms with E-state index in [1.165, 1.54) is 11.3 Å². The van der Waals surface area contributed by atoms with Gasteiger partial charge in [0, 0.05) is 25.6 Å². The SMILES string of the molecule is Cc1nc(C(=O)N(C)CCCCCO)cs1. The molecule has 0 saturated carbocycles. The number of hydrogen-bond acceptors (Lipinski definition) is 4. The summed E-state index contributed by atoms with van der Waals surface area (Å²) < 4.78 is 0. The van der Waals surface area contributed by atoms with E-state index in [0.717, 1.165) is 30.8 Å². The second-order valence-corrected chi connectivity index (χ2v) is 4.82. The van der Waals surface area contributed by atoms with Crippen molar-refractivity contribution >= 4 is 17.2 Å².